The van der Waals surface area contributed by atoms with E-state index in [1.807, 2.05) is 30.3 Å². The molecule has 0 atom stereocenters. The summed E-state index contributed by atoms with van der Waals surface area (Å²) in [5.41, 5.74) is 2.13. The molecule has 1 heterocycles. The lowest BCUT2D eigenvalue weighted by molar-refractivity contribution is 0.185. The Balaban J connectivity index is 2.01. The summed E-state index contributed by atoms with van der Waals surface area (Å²) in [5.74, 6) is 1.38. The molecule has 2 N–H and O–H groups in total. The van der Waals surface area contributed by atoms with Crippen molar-refractivity contribution in [3.63, 3.8) is 0 Å². The van der Waals surface area contributed by atoms with Gasteiger partial charge in [0.05, 0.1) is 13.2 Å². The lowest BCUT2D eigenvalue weighted by Crippen LogP contribution is -2.02. The molecular formula is C14H17NO3. The second-order valence-corrected chi connectivity index (χ2v) is 3.97. The van der Waals surface area contributed by atoms with Crippen LogP contribution in [0.5, 0.6) is 0 Å². The number of aliphatic hydroxyl groups is 1. The summed E-state index contributed by atoms with van der Waals surface area (Å²) in [6.45, 7) is 1.09. The number of furan rings is 1. The number of hydrogen-bond donors (Lipinski definition) is 2. The minimum atomic E-state index is -0.0692. The van der Waals surface area contributed by atoms with E-state index in [2.05, 4.69) is 5.32 Å². The van der Waals surface area contributed by atoms with Crippen LogP contribution < -0.4 is 5.32 Å². The van der Waals surface area contributed by atoms with Gasteiger partial charge in [-0.1, -0.05) is 18.2 Å². The van der Waals surface area contributed by atoms with Gasteiger partial charge in [0.1, 0.15) is 18.1 Å². The van der Waals surface area contributed by atoms with E-state index in [4.69, 9.17) is 14.3 Å². The van der Waals surface area contributed by atoms with Crippen LogP contribution in [0.2, 0.25) is 0 Å². The van der Waals surface area contributed by atoms with Gasteiger partial charge >= 0.3 is 0 Å². The standard InChI is InChI=1S/C14H17NO3/c1-17-10-11-4-2-3-5-14(11)15-8-12-6-7-13(9-16)18-12/h2-7,15-16H,8-10H2,1H3. The third-order valence-corrected chi connectivity index (χ3v) is 2.64. The number of ether oxygens (including phenoxy) is 1. The molecule has 1 aromatic heterocycles. The number of nitrogens with one attached hydrogen (secondary N) is 1. The molecule has 18 heavy (non-hydrogen) atoms. The quantitative estimate of drug-likeness (QED) is 0.823. The Bertz CT molecular complexity index is 493. The van der Waals surface area contributed by atoms with Gasteiger partial charge in [-0.05, 0) is 18.2 Å². The molecule has 0 radical (unpaired) electrons. The number of anilines is 1. The molecule has 4 nitrogen and oxygen atoms in total. The van der Waals surface area contributed by atoms with E-state index >= 15 is 0 Å². The summed E-state index contributed by atoms with van der Waals surface area (Å²) >= 11 is 0. The fraction of sp³-hybridized carbons (Fsp3) is 0.286. The van der Waals surface area contributed by atoms with Crippen molar-refractivity contribution in [1.82, 2.24) is 0 Å². The smallest absolute Gasteiger partial charge is 0.129 e. The Labute approximate surface area is 106 Å². The number of benzene rings is 1. The molecule has 0 aliphatic carbocycles. The Morgan fingerprint density at radius 3 is 2.67 bits per heavy atom. The topological polar surface area (TPSA) is 54.6 Å². The number of para-hydroxylation sites is 1. The van der Waals surface area contributed by atoms with Gasteiger partial charge in [-0.25, -0.2) is 0 Å². The first-order valence-corrected chi connectivity index (χ1v) is 5.82. The monoisotopic (exact) mass is 247 g/mol. The first-order chi connectivity index (χ1) is 8.83. The maximum Gasteiger partial charge on any atom is 0.129 e. The summed E-state index contributed by atoms with van der Waals surface area (Å²) in [5, 5.41) is 12.2. The molecule has 96 valence electrons. The molecule has 2 aromatic rings. The molecule has 0 bridgehead atoms. The van der Waals surface area contributed by atoms with Gasteiger partial charge in [0.25, 0.3) is 0 Å². The first-order valence-electron chi connectivity index (χ1n) is 5.82. The van der Waals surface area contributed by atoms with Crippen LogP contribution in [0.25, 0.3) is 0 Å². The molecule has 0 unspecified atom stereocenters. The van der Waals surface area contributed by atoms with Gasteiger partial charge in [0.15, 0.2) is 0 Å². The van der Waals surface area contributed by atoms with Crippen molar-refractivity contribution in [3.05, 3.63) is 53.5 Å². The second-order valence-electron chi connectivity index (χ2n) is 3.97. The summed E-state index contributed by atoms with van der Waals surface area (Å²) < 4.78 is 10.6. The lowest BCUT2D eigenvalue weighted by atomic mass is 10.2. The molecule has 2 rings (SSSR count). The molecular weight excluding hydrogens is 230 g/mol. The molecule has 0 aliphatic heterocycles. The predicted octanol–water partition coefficient (Wildman–Crippen LogP) is 2.53. The van der Waals surface area contributed by atoms with Crippen molar-refractivity contribution in [2.75, 3.05) is 12.4 Å². The minimum absolute atomic E-state index is 0.0692. The zero-order valence-corrected chi connectivity index (χ0v) is 10.3. The van der Waals surface area contributed by atoms with Crippen LogP contribution in [-0.4, -0.2) is 12.2 Å². The Kier molecular flexibility index (Phi) is 4.39. The number of rotatable bonds is 6. The summed E-state index contributed by atoms with van der Waals surface area (Å²) in [7, 11) is 1.68. The van der Waals surface area contributed by atoms with E-state index in [1.54, 1.807) is 13.2 Å². The highest BCUT2D eigenvalue weighted by Crippen LogP contribution is 2.17. The highest BCUT2D eigenvalue weighted by atomic mass is 16.5. The third kappa shape index (κ3) is 3.12. The third-order valence-electron chi connectivity index (χ3n) is 2.64. The van der Waals surface area contributed by atoms with Crippen molar-refractivity contribution >= 4 is 5.69 Å². The Morgan fingerprint density at radius 1 is 1.17 bits per heavy atom. The SMILES string of the molecule is COCc1ccccc1NCc1ccc(CO)o1. The molecule has 1 aromatic carbocycles. The van der Waals surface area contributed by atoms with Crippen LogP contribution in [0.15, 0.2) is 40.8 Å². The van der Waals surface area contributed by atoms with Crippen molar-refractivity contribution in [2.24, 2.45) is 0 Å². The van der Waals surface area contributed by atoms with Crippen molar-refractivity contribution in [2.45, 2.75) is 19.8 Å². The van der Waals surface area contributed by atoms with Gasteiger partial charge < -0.3 is 19.6 Å². The van der Waals surface area contributed by atoms with Crippen LogP contribution >= 0.6 is 0 Å². The molecule has 0 amide bonds. The molecule has 0 aliphatic rings. The summed E-state index contributed by atoms with van der Waals surface area (Å²) in [6, 6.07) is 11.6. The fourth-order valence-electron chi connectivity index (χ4n) is 1.76. The maximum absolute atomic E-state index is 8.92. The first kappa shape index (κ1) is 12.7. The fourth-order valence-corrected chi connectivity index (χ4v) is 1.76. The molecule has 0 saturated carbocycles. The molecule has 4 heteroatoms. The number of hydrogen-bond acceptors (Lipinski definition) is 4. The highest BCUT2D eigenvalue weighted by Gasteiger charge is 2.03. The van der Waals surface area contributed by atoms with Gasteiger partial charge in [0, 0.05) is 18.4 Å². The van der Waals surface area contributed by atoms with Crippen LogP contribution in [0.1, 0.15) is 17.1 Å². The van der Waals surface area contributed by atoms with E-state index in [1.165, 1.54) is 0 Å². The van der Waals surface area contributed by atoms with E-state index in [0.29, 0.717) is 18.9 Å². The summed E-state index contributed by atoms with van der Waals surface area (Å²) in [4.78, 5) is 0. The highest BCUT2D eigenvalue weighted by molar-refractivity contribution is 5.50. The number of aliphatic hydroxyl groups excluding tert-OH is 1. The number of methoxy groups -OCH3 is 1. The second kappa shape index (κ2) is 6.23. The average molecular weight is 247 g/mol. The lowest BCUT2D eigenvalue weighted by Gasteiger charge is -2.10. The van der Waals surface area contributed by atoms with Crippen molar-refractivity contribution in [3.8, 4) is 0 Å². The van der Waals surface area contributed by atoms with Gasteiger partial charge in [-0.15, -0.1) is 0 Å². The van der Waals surface area contributed by atoms with Crippen LogP contribution in [0, 0.1) is 0 Å². The predicted molar refractivity (Wildman–Crippen MR) is 69.1 cm³/mol. The van der Waals surface area contributed by atoms with Gasteiger partial charge in [0.2, 0.25) is 0 Å². The van der Waals surface area contributed by atoms with Gasteiger partial charge in [-0.3, -0.25) is 0 Å². The van der Waals surface area contributed by atoms with E-state index in [0.717, 1.165) is 17.0 Å². The van der Waals surface area contributed by atoms with Crippen LogP contribution in [0.4, 0.5) is 5.69 Å². The molecule has 0 fully saturated rings. The average Bonchev–Trinajstić information content (AvgIpc) is 2.86. The molecule has 0 saturated heterocycles. The van der Waals surface area contributed by atoms with Crippen LogP contribution in [-0.2, 0) is 24.5 Å². The van der Waals surface area contributed by atoms with Gasteiger partial charge in [-0.2, -0.15) is 0 Å². The largest absolute Gasteiger partial charge is 0.462 e. The minimum Gasteiger partial charge on any atom is -0.462 e. The van der Waals surface area contributed by atoms with E-state index in [9.17, 15) is 0 Å². The normalized spacial score (nSPS) is 10.6. The maximum atomic E-state index is 8.92. The van der Waals surface area contributed by atoms with Crippen molar-refractivity contribution < 1.29 is 14.3 Å². The molecule has 0 spiro atoms. The Morgan fingerprint density at radius 2 is 1.94 bits per heavy atom. The zero-order valence-electron chi connectivity index (χ0n) is 10.3. The summed E-state index contributed by atoms with van der Waals surface area (Å²) in [6.07, 6.45) is 0. The van der Waals surface area contributed by atoms with Crippen molar-refractivity contribution in [1.29, 1.82) is 0 Å². The van der Waals surface area contributed by atoms with Crippen LogP contribution in [0.3, 0.4) is 0 Å². The van der Waals surface area contributed by atoms with E-state index in [-0.39, 0.29) is 6.61 Å². The zero-order chi connectivity index (χ0) is 12.8. The van der Waals surface area contributed by atoms with E-state index < -0.39 is 0 Å². The Hall–Kier alpha value is -1.78.